The van der Waals surface area contributed by atoms with Crippen molar-refractivity contribution < 1.29 is 43.1 Å². The Morgan fingerprint density at radius 2 is 1.66 bits per heavy atom. The van der Waals surface area contributed by atoms with Gasteiger partial charge in [0.2, 0.25) is 5.91 Å². The van der Waals surface area contributed by atoms with Crippen LogP contribution in [-0.2, 0) is 43.1 Å². The number of nitrogens with zero attached hydrogens (tertiary/aromatic N) is 2. The summed E-state index contributed by atoms with van der Waals surface area (Å²) in [6.45, 7) is 8.29. The number of carbonyl (C=O) groups is 6. The summed E-state index contributed by atoms with van der Waals surface area (Å²) in [7, 11) is 0. The lowest BCUT2D eigenvalue weighted by Gasteiger charge is -2.31. The first kappa shape index (κ1) is 27.9. The van der Waals surface area contributed by atoms with Crippen molar-refractivity contribution in [1.29, 1.82) is 0 Å². The zero-order valence-corrected chi connectivity index (χ0v) is 20.0. The SMILES string of the molecule is C=C(CNC(=O)CCN1C(=O)C=CC1=O)C(C)(CC)OCCOCCC(=O)ON1C(=O)CCC1=O. The summed E-state index contributed by atoms with van der Waals surface area (Å²) in [5.74, 6) is -3.02. The van der Waals surface area contributed by atoms with Gasteiger partial charge in [0, 0.05) is 44.5 Å². The van der Waals surface area contributed by atoms with Gasteiger partial charge < -0.3 is 19.6 Å². The molecular formula is C23H31N3O9. The third kappa shape index (κ3) is 8.11. The van der Waals surface area contributed by atoms with Crippen LogP contribution in [0, 0.1) is 0 Å². The molecule has 1 N–H and O–H groups in total. The van der Waals surface area contributed by atoms with Crippen LogP contribution in [-0.4, -0.2) is 84.0 Å². The highest BCUT2D eigenvalue weighted by molar-refractivity contribution is 6.13. The van der Waals surface area contributed by atoms with Crippen molar-refractivity contribution in [3.8, 4) is 0 Å². The largest absolute Gasteiger partial charge is 0.378 e. The number of imide groups is 2. The highest BCUT2D eigenvalue weighted by atomic mass is 16.7. The van der Waals surface area contributed by atoms with Crippen LogP contribution in [0.2, 0.25) is 0 Å². The number of ether oxygens (including phenoxy) is 2. The van der Waals surface area contributed by atoms with Crippen LogP contribution in [0.5, 0.6) is 0 Å². The van der Waals surface area contributed by atoms with Crippen LogP contribution in [0.3, 0.4) is 0 Å². The molecule has 2 aliphatic rings. The number of amides is 5. The lowest BCUT2D eigenvalue weighted by atomic mass is 9.93. The third-order valence-corrected chi connectivity index (χ3v) is 5.68. The molecule has 192 valence electrons. The zero-order valence-electron chi connectivity index (χ0n) is 20.0. The summed E-state index contributed by atoms with van der Waals surface area (Å²) in [6.07, 6.45) is 2.82. The predicted octanol–water partition coefficient (Wildman–Crippen LogP) is 0.173. The van der Waals surface area contributed by atoms with Crippen molar-refractivity contribution in [2.24, 2.45) is 0 Å². The van der Waals surface area contributed by atoms with Crippen LogP contribution in [0.1, 0.15) is 46.0 Å². The number of nitrogens with one attached hydrogen (secondary N) is 1. The van der Waals surface area contributed by atoms with E-state index in [-0.39, 0.29) is 64.5 Å². The molecule has 1 fully saturated rings. The summed E-state index contributed by atoms with van der Waals surface area (Å²) in [4.78, 5) is 75.5. The Morgan fingerprint density at radius 1 is 1.03 bits per heavy atom. The van der Waals surface area contributed by atoms with Crippen LogP contribution >= 0.6 is 0 Å². The molecule has 12 heteroatoms. The monoisotopic (exact) mass is 493 g/mol. The Kier molecular flexibility index (Phi) is 10.3. The fourth-order valence-electron chi connectivity index (χ4n) is 3.19. The summed E-state index contributed by atoms with van der Waals surface area (Å²) in [5, 5.41) is 3.20. The standard InChI is InChI=1S/C23H31N3O9/c1-4-23(3,16(2)15-24-17(27)9-11-25-18(28)5-6-19(25)29)34-14-13-33-12-10-22(32)35-26-20(30)7-8-21(26)31/h5-6H,2,4,7-15H2,1,3H3,(H,24,27). The van der Waals surface area contributed by atoms with Gasteiger partial charge in [-0.2, -0.15) is 0 Å². The molecule has 2 rings (SSSR count). The zero-order chi connectivity index (χ0) is 26.0. The summed E-state index contributed by atoms with van der Waals surface area (Å²) >= 11 is 0. The molecule has 0 aromatic rings. The van der Waals surface area contributed by atoms with Crippen molar-refractivity contribution in [1.82, 2.24) is 15.3 Å². The van der Waals surface area contributed by atoms with Crippen molar-refractivity contribution >= 4 is 35.5 Å². The Hall–Kier alpha value is -3.38. The van der Waals surface area contributed by atoms with Gasteiger partial charge in [0.25, 0.3) is 23.6 Å². The Balaban J connectivity index is 1.61. The Morgan fingerprint density at radius 3 is 2.26 bits per heavy atom. The van der Waals surface area contributed by atoms with Gasteiger partial charge >= 0.3 is 5.97 Å². The van der Waals surface area contributed by atoms with Gasteiger partial charge in [-0.15, -0.1) is 5.06 Å². The first-order valence-corrected chi connectivity index (χ1v) is 11.3. The minimum Gasteiger partial charge on any atom is -0.378 e. The normalized spacial score (nSPS) is 17.2. The highest BCUT2D eigenvalue weighted by Gasteiger charge is 2.32. The first-order valence-electron chi connectivity index (χ1n) is 11.3. The maximum absolute atomic E-state index is 12.1. The molecule has 0 aromatic carbocycles. The Bertz CT molecular complexity index is 880. The van der Waals surface area contributed by atoms with Crippen molar-refractivity contribution in [3.05, 3.63) is 24.3 Å². The molecule has 0 radical (unpaired) electrons. The number of hydrogen-bond acceptors (Lipinski definition) is 9. The van der Waals surface area contributed by atoms with Crippen LogP contribution < -0.4 is 5.32 Å². The van der Waals surface area contributed by atoms with E-state index >= 15 is 0 Å². The van der Waals surface area contributed by atoms with Gasteiger partial charge in [0.1, 0.15) is 0 Å². The third-order valence-electron chi connectivity index (χ3n) is 5.68. The molecule has 2 aliphatic heterocycles. The molecule has 0 spiro atoms. The number of carbonyl (C=O) groups excluding carboxylic acids is 6. The van der Waals surface area contributed by atoms with E-state index in [1.54, 1.807) is 0 Å². The minimum atomic E-state index is -0.744. The average molecular weight is 494 g/mol. The van der Waals surface area contributed by atoms with E-state index in [1.165, 1.54) is 12.2 Å². The van der Waals surface area contributed by atoms with E-state index in [4.69, 9.17) is 14.3 Å². The lowest BCUT2D eigenvalue weighted by molar-refractivity contribution is -0.198. The minimum absolute atomic E-state index is 0.0000495. The first-order chi connectivity index (χ1) is 16.6. The van der Waals surface area contributed by atoms with Gasteiger partial charge in [-0.1, -0.05) is 13.5 Å². The number of hydroxylamine groups is 2. The highest BCUT2D eigenvalue weighted by Crippen LogP contribution is 2.23. The molecule has 1 unspecified atom stereocenters. The molecule has 5 amide bonds. The summed E-state index contributed by atoms with van der Waals surface area (Å²) in [6, 6.07) is 0. The molecule has 35 heavy (non-hydrogen) atoms. The molecular weight excluding hydrogens is 462 g/mol. The van der Waals surface area contributed by atoms with Crippen molar-refractivity contribution in [2.45, 2.75) is 51.6 Å². The van der Waals surface area contributed by atoms with Gasteiger partial charge in [-0.05, 0) is 18.9 Å². The fourth-order valence-corrected chi connectivity index (χ4v) is 3.19. The van der Waals surface area contributed by atoms with Crippen LogP contribution in [0.4, 0.5) is 0 Å². The van der Waals surface area contributed by atoms with E-state index in [1.807, 2.05) is 13.8 Å². The predicted molar refractivity (Wildman–Crippen MR) is 120 cm³/mol. The average Bonchev–Trinajstić information content (AvgIpc) is 3.32. The van der Waals surface area contributed by atoms with Crippen LogP contribution in [0.25, 0.3) is 0 Å². The quantitative estimate of drug-likeness (QED) is 0.191. The second kappa shape index (κ2) is 12.9. The van der Waals surface area contributed by atoms with Gasteiger partial charge in [0.15, 0.2) is 0 Å². The fraction of sp³-hybridized carbons (Fsp3) is 0.565. The lowest BCUT2D eigenvalue weighted by Crippen LogP contribution is -2.39. The van der Waals surface area contributed by atoms with Gasteiger partial charge in [0.05, 0.1) is 31.8 Å². The molecule has 0 bridgehead atoms. The van der Waals surface area contributed by atoms with E-state index in [9.17, 15) is 28.8 Å². The molecule has 0 aromatic heterocycles. The smallest absolute Gasteiger partial charge is 0.335 e. The van der Waals surface area contributed by atoms with E-state index in [2.05, 4.69) is 11.9 Å². The second-order valence-electron chi connectivity index (χ2n) is 8.13. The molecule has 2 heterocycles. The second-order valence-corrected chi connectivity index (χ2v) is 8.13. The van der Waals surface area contributed by atoms with Crippen LogP contribution in [0.15, 0.2) is 24.3 Å². The molecule has 1 saturated heterocycles. The van der Waals surface area contributed by atoms with Crippen molar-refractivity contribution in [3.63, 3.8) is 0 Å². The maximum Gasteiger partial charge on any atom is 0.335 e. The molecule has 1 atom stereocenters. The topological polar surface area (TPSA) is 149 Å². The molecule has 0 saturated carbocycles. The van der Waals surface area contributed by atoms with E-state index in [0.717, 1.165) is 4.90 Å². The number of rotatable bonds is 15. The van der Waals surface area contributed by atoms with E-state index < -0.39 is 35.2 Å². The Labute approximate surface area is 203 Å². The molecule has 12 nitrogen and oxygen atoms in total. The summed E-state index contributed by atoms with van der Waals surface area (Å²) in [5.41, 5.74) is -0.108. The van der Waals surface area contributed by atoms with Gasteiger partial charge in [-0.25, -0.2) is 4.79 Å². The van der Waals surface area contributed by atoms with Gasteiger partial charge in [-0.3, -0.25) is 28.9 Å². The maximum atomic E-state index is 12.1. The summed E-state index contributed by atoms with van der Waals surface area (Å²) < 4.78 is 11.2. The number of hydrogen-bond donors (Lipinski definition) is 1. The van der Waals surface area contributed by atoms with E-state index in [0.29, 0.717) is 17.1 Å². The van der Waals surface area contributed by atoms with Crippen molar-refractivity contribution in [2.75, 3.05) is 32.9 Å². The molecule has 0 aliphatic carbocycles.